The van der Waals surface area contributed by atoms with Gasteiger partial charge in [0.25, 0.3) is 0 Å². The number of aliphatic hydroxyl groups excluding tert-OH is 1. The molecule has 1 aliphatic rings. The quantitative estimate of drug-likeness (QED) is 0.924. The number of methoxy groups -OCH3 is 1. The Balaban J connectivity index is 2.20. The second-order valence-electron chi connectivity index (χ2n) is 4.02. The summed E-state index contributed by atoms with van der Waals surface area (Å²) in [5, 5.41) is 9.35. The Morgan fingerprint density at radius 2 is 2.38 bits per heavy atom. The van der Waals surface area contributed by atoms with Crippen LogP contribution >= 0.6 is 15.9 Å². The van der Waals surface area contributed by atoms with Crippen LogP contribution in [0.3, 0.4) is 0 Å². The van der Waals surface area contributed by atoms with Gasteiger partial charge in [-0.1, -0.05) is 15.9 Å². The fraction of sp³-hybridized carbons (Fsp3) is 0.500. The Morgan fingerprint density at radius 1 is 1.56 bits per heavy atom. The summed E-state index contributed by atoms with van der Waals surface area (Å²) < 4.78 is 6.35. The standard InChI is InChI=1S/C12H16BrNO2/c1-16-11-4-5-14(7-11)12-3-2-10(13)6-9(12)8-15/h2-3,6,11,15H,4-5,7-8H2,1H3. The lowest BCUT2D eigenvalue weighted by Gasteiger charge is -2.21. The first-order valence-electron chi connectivity index (χ1n) is 5.41. The van der Waals surface area contributed by atoms with Crippen molar-refractivity contribution in [1.29, 1.82) is 0 Å². The molecule has 1 N–H and O–H groups in total. The molecule has 1 aliphatic heterocycles. The third kappa shape index (κ3) is 2.39. The van der Waals surface area contributed by atoms with Crippen molar-refractivity contribution in [3.05, 3.63) is 28.2 Å². The average Bonchev–Trinajstić information content (AvgIpc) is 2.77. The van der Waals surface area contributed by atoms with Gasteiger partial charge < -0.3 is 14.7 Å². The number of halogens is 1. The molecule has 2 rings (SSSR count). The number of ether oxygens (including phenoxy) is 1. The van der Waals surface area contributed by atoms with E-state index in [-0.39, 0.29) is 6.61 Å². The largest absolute Gasteiger partial charge is 0.392 e. The van der Waals surface area contributed by atoms with Crippen molar-refractivity contribution in [1.82, 2.24) is 0 Å². The zero-order chi connectivity index (χ0) is 11.5. The Morgan fingerprint density at radius 3 is 3.00 bits per heavy atom. The monoisotopic (exact) mass is 285 g/mol. The Hall–Kier alpha value is -0.580. The van der Waals surface area contributed by atoms with E-state index in [1.807, 2.05) is 18.2 Å². The first-order chi connectivity index (χ1) is 7.74. The van der Waals surface area contributed by atoms with Crippen LogP contribution in [0.1, 0.15) is 12.0 Å². The molecule has 1 aromatic carbocycles. The van der Waals surface area contributed by atoms with Crippen molar-refractivity contribution in [2.75, 3.05) is 25.1 Å². The molecule has 0 amide bonds. The molecule has 4 heteroatoms. The summed E-state index contributed by atoms with van der Waals surface area (Å²) in [6, 6.07) is 6.03. The molecule has 0 aromatic heterocycles. The molecule has 1 heterocycles. The molecule has 0 bridgehead atoms. The van der Waals surface area contributed by atoms with Gasteiger partial charge in [-0.3, -0.25) is 0 Å². The van der Waals surface area contributed by atoms with Crippen LogP contribution in [-0.4, -0.2) is 31.4 Å². The maximum absolute atomic E-state index is 9.35. The molecular weight excluding hydrogens is 270 g/mol. The fourth-order valence-electron chi connectivity index (χ4n) is 2.13. The summed E-state index contributed by atoms with van der Waals surface area (Å²) in [7, 11) is 1.75. The predicted octanol–water partition coefficient (Wildman–Crippen LogP) is 2.17. The van der Waals surface area contributed by atoms with Gasteiger partial charge in [0, 0.05) is 35.9 Å². The van der Waals surface area contributed by atoms with Crippen molar-refractivity contribution < 1.29 is 9.84 Å². The molecule has 16 heavy (non-hydrogen) atoms. The van der Waals surface area contributed by atoms with Crippen LogP contribution in [0.25, 0.3) is 0 Å². The molecule has 1 aromatic rings. The number of anilines is 1. The van der Waals surface area contributed by atoms with Crippen LogP contribution in [-0.2, 0) is 11.3 Å². The van der Waals surface area contributed by atoms with Crippen LogP contribution in [0, 0.1) is 0 Å². The summed E-state index contributed by atoms with van der Waals surface area (Å²) in [5.41, 5.74) is 2.08. The number of hydrogen-bond donors (Lipinski definition) is 1. The van der Waals surface area contributed by atoms with E-state index in [9.17, 15) is 5.11 Å². The maximum Gasteiger partial charge on any atom is 0.0762 e. The third-order valence-electron chi connectivity index (χ3n) is 3.03. The van der Waals surface area contributed by atoms with Crippen molar-refractivity contribution in [3.8, 4) is 0 Å². The highest BCUT2D eigenvalue weighted by molar-refractivity contribution is 9.10. The Labute approximate surface area is 104 Å². The van der Waals surface area contributed by atoms with Crippen LogP contribution in [0.4, 0.5) is 5.69 Å². The summed E-state index contributed by atoms with van der Waals surface area (Å²) >= 11 is 3.42. The van der Waals surface area contributed by atoms with Crippen LogP contribution in [0.2, 0.25) is 0 Å². The number of benzene rings is 1. The number of nitrogens with zero attached hydrogens (tertiary/aromatic N) is 1. The Kier molecular flexibility index (Phi) is 3.84. The normalized spacial score (nSPS) is 20.4. The average molecular weight is 286 g/mol. The summed E-state index contributed by atoms with van der Waals surface area (Å²) in [4.78, 5) is 2.27. The zero-order valence-electron chi connectivity index (χ0n) is 9.32. The molecule has 0 spiro atoms. The smallest absolute Gasteiger partial charge is 0.0762 e. The minimum absolute atomic E-state index is 0.0723. The maximum atomic E-state index is 9.35. The number of aliphatic hydroxyl groups is 1. The summed E-state index contributed by atoms with van der Waals surface area (Å²) in [5.74, 6) is 0. The second kappa shape index (κ2) is 5.17. The van der Waals surface area contributed by atoms with Crippen LogP contribution in [0.15, 0.2) is 22.7 Å². The molecule has 1 fully saturated rings. The van der Waals surface area contributed by atoms with E-state index in [0.717, 1.165) is 35.2 Å². The fourth-order valence-corrected chi connectivity index (χ4v) is 2.54. The van der Waals surface area contributed by atoms with Gasteiger partial charge in [-0.25, -0.2) is 0 Å². The molecule has 1 atom stereocenters. The van der Waals surface area contributed by atoms with Gasteiger partial charge in [0.2, 0.25) is 0 Å². The van der Waals surface area contributed by atoms with Gasteiger partial charge in [0.05, 0.1) is 12.7 Å². The molecule has 1 saturated heterocycles. The van der Waals surface area contributed by atoms with Crippen molar-refractivity contribution in [2.24, 2.45) is 0 Å². The first kappa shape index (κ1) is 11.9. The minimum Gasteiger partial charge on any atom is -0.392 e. The van der Waals surface area contributed by atoms with E-state index in [1.54, 1.807) is 7.11 Å². The van der Waals surface area contributed by atoms with Crippen molar-refractivity contribution in [3.63, 3.8) is 0 Å². The predicted molar refractivity (Wildman–Crippen MR) is 67.7 cm³/mol. The van der Waals surface area contributed by atoms with Crippen molar-refractivity contribution in [2.45, 2.75) is 19.1 Å². The Bertz CT molecular complexity index is 370. The lowest BCUT2D eigenvalue weighted by Crippen LogP contribution is -2.23. The number of rotatable bonds is 3. The molecule has 1 unspecified atom stereocenters. The van der Waals surface area contributed by atoms with E-state index < -0.39 is 0 Å². The lowest BCUT2D eigenvalue weighted by atomic mass is 10.2. The van der Waals surface area contributed by atoms with E-state index in [0.29, 0.717) is 6.10 Å². The molecule has 3 nitrogen and oxygen atoms in total. The topological polar surface area (TPSA) is 32.7 Å². The number of hydrogen-bond acceptors (Lipinski definition) is 3. The molecule has 0 saturated carbocycles. The molecule has 0 aliphatic carbocycles. The highest BCUT2D eigenvalue weighted by Gasteiger charge is 2.23. The van der Waals surface area contributed by atoms with Crippen LogP contribution in [0.5, 0.6) is 0 Å². The summed E-state index contributed by atoms with van der Waals surface area (Å²) in [6.45, 7) is 1.97. The SMILES string of the molecule is COC1CCN(c2ccc(Br)cc2CO)C1. The van der Waals surface area contributed by atoms with E-state index in [1.165, 1.54) is 0 Å². The minimum atomic E-state index is 0.0723. The van der Waals surface area contributed by atoms with Gasteiger partial charge in [0.15, 0.2) is 0 Å². The third-order valence-corrected chi connectivity index (χ3v) is 3.52. The highest BCUT2D eigenvalue weighted by atomic mass is 79.9. The summed E-state index contributed by atoms with van der Waals surface area (Å²) in [6.07, 6.45) is 1.37. The molecular formula is C12H16BrNO2. The second-order valence-corrected chi connectivity index (χ2v) is 4.94. The van der Waals surface area contributed by atoms with Gasteiger partial charge >= 0.3 is 0 Å². The highest BCUT2D eigenvalue weighted by Crippen LogP contribution is 2.28. The first-order valence-corrected chi connectivity index (χ1v) is 6.21. The van der Waals surface area contributed by atoms with Crippen molar-refractivity contribution >= 4 is 21.6 Å². The van der Waals surface area contributed by atoms with Gasteiger partial charge in [-0.15, -0.1) is 0 Å². The van der Waals surface area contributed by atoms with Gasteiger partial charge in [-0.2, -0.15) is 0 Å². The van der Waals surface area contributed by atoms with E-state index in [2.05, 4.69) is 20.8 Å². The molecule has 0 radical (unpaired) electrons. The molecule has 88 valence electrons. The van der Waals surface area contributed by atoms with Crippen LogP contribution < -0.4 is 4.90 Å². The van der Waals surface area contributed by atoms with E-state index >= 15 is 0 Å². The lowest BCUT2D eigenvalue weighted by molar-refractivity contribution is 0.121. The van der Waals surface area contributed by atoms with Gasteiger partial charge in [0.1, 0.15) is 0 Å². The van der Waals surface area contributed by atoms with Gasteiger partial charge in [-0.05, 0) is 24.6 Å². The zero-order valence-corrected chi connectivity index (χ0v) is 10.9. The van der Waals surface area contributed by atoms with E-state index in [4.69, 9.17) is 4.74 Å².